The van der Waals surface area contributed by atoms with E-state index in [2.05, 4.69) is 5.16 Å². The van der Waals surface area contributed by atoms with Crippen LogP contribution in [0.4, 0.5) is 0 Å². The molecular formula is C10H21N3O3S2. The summed E-state index contributed by atoms with van der Waals surface area (Å²) in [6.07, 6.45) is 0.372. The minimum absolute atomic E-state index is 0.0480. The van der Waals surface area contributed by atoms with Crippen LogP contribution in [-0.2, 0) is 9.84 Å². The van der Waals surface area contributed by atoms with E-state index in [-0.39, 0.29) is 17.6 Å². The molecular weight excluding hydrogens is 274 g/mol. The van der Waals surface area contributed by atoms with E-state index in [0.717, 1.165) is 5.75 Å². The maximum atomic E-state index is 12.1. The van der Waals surface area contributed by atoms with Gasteiger partial charge in [0.05, 0.1) is 0 Å². The zero-order chi connectivity index (χ0) is 13.8. The highest BCUT2D eigenvalue weighted by molar-refractivity contribution is 8.01. The highest BCUT2D eigenvalue weighted by Crippen LogP contribution is 2.24. The zero-order valence-corrected chi connectivity index (χ0v) is 12.4. The molecule has 1 aliphatic rings. The Bertz CT molecular complexity index is 397. The Kier molecular flexibility index (Phi) is 5.74. The highest BCUT2D eigenvalue weighted by Gasteiger charge is 2.35. The molecule has 3 N–H and O–H groups in total. The van der Waals surface area contributed by atoms with Crippen LogP contribution in [0.25, 0.3) is 0 Å². The van der Waals surface area contributed by atoms with Crippen molar-refractivity contribution in [1.82, 2.24) is 4.90 Å². The fraction of sp³-hybridized carbons (Fsp3) is 0.900. The molecule has 0 spiro atoms. The van der Waals surface area contributed by atoms with Gasteiger partial charge in [0.1, 0.15) is 11.2 Å². The Labute approximate surface area is 113 Å². The van der Waals surface area contributed by atoms with Crippen LogP contribution in [0.5, 0.6) is 0 Å². The number of nitrogens with two attached hydrogens (primary N) is 1. The second kappa shape index (κ2) is 6.63. The van der Waals surface area contributed by atoms with Crippen LogP contribution in [0, 0.1) is 0 Å². The number of hydrogen-bond acceptors (Lipinski definition) is 6. The number of sulfone groups is 1. The normalized spacial score (nSPS) is 25.0. The van der Waals surface area contributed by atoms with Crippen LogP contribution in [0.1, 0.15) is 20.3 Å². The van der Waals surface area contributed by atoms with Crippen LogP contribution >= 0.6 is 11.8 Å². The molecule has 0 aliphatic carbocycles. The molecule has 0 amide bonds. The fourth-order valence-electron chi connectivity index (χ4n) is 2.06. The van der Waals surface area contributed by atoms with Gasteiger partial charge in [0.25, 0.3) is 0 Å². The third kappa shape index (κ3) is 3.76. The van der Waals surface area contributed by atoms with Crippen LogP contribution in [-0.4, -0.2) is 59.6 Å². The summed E-state index contributed by atoms with van der Waals surface area (Å²) in [5, 5.41) is 11.1. The van der Waals surface area contributed by atoms with Crippen molar-refractivity contribution in [2.75, 3.05) is 23.8 Å². The Balaban J connectivity index is 2.83. The van der Waals surface area contributed by atoms with Gasteiger partial charge in [-0.15, -0.1) is 0 Å². The lowest BCUT2D eigenvalue weighted by molar-refractivity contribution is 0.207. The van der Waals surface area contributed by atoms with Gasteiger partial charge in [0, 0.05) is 36.3 Å². The number of hydrogen-bond donors (Lipinski definition) is 2. The number of nitrogens with zero attached hydrogens (tertiary/aromatic N) is 2. The average Bonchev–Trinajstić information content (AvgIpc) is 2.38. The lowest BCUT2D eigenvalue weighted by Crippen LogP contribution is -2.52. The van der Waals surface area contributed by atoms with Crippen molar-refractivity contribution in [3.63, 3.8) is 0 Å². The minimum atomic E-state index is -3.10. The van der Waals surface area contributed by atoms with E-state index in [1.807, 2.05) is 11.8 Å². The number of amidine groups is 1. The SMILES string of the molecule is CCS(=O)(=O)C1CSCCN1C(C)CC(N)=NO. The van der Waals surface area contributed by atoms with Crippen LogP contribution in [0.15, 0.2) is 5.16 Å². The van der Waals surface area contributed by atoms with E-state index < -0.39 is 15.2 Å². The van der Waals surface area contributed by atoms with E-state index >= 15 is 0 Å². The molecule has 0 aromatic rings. The van der Waals surface area contributed by atoms with Gasteiger partial charge in [0.15, 0.2) is 9.84 Å². The van der Waals surface area contributed by atoms with E-state index in [1.54, 1.807) is 18.7 Å². The van der Waals surface area contributed by atoms with Crippen LogP contribution in [0.2, 0.25) is 0 Å². The van der Waals surface area contributed by atoms with Crippen molar-refractivity contribution in [3.05, 3.63) is 0 Å². The first kappa shape index (κ1) is 15.6. The quantitative estimate of drug-likeness (QED) is 0.328. The Hall–Kier alpha value is -0.470. The van der Waals surface area contributed by atoms with Crippen LogP contribution in [0.3, 0.4) is 0 Å². The molecule has 18 heavy (non-hydrogen) atoms. The summed E-state index contributed by atoms with van der Waals surface area (Å²) in [6.45, 7) is 4.29. The smallest absolute Gasteiger partial charge is 0.166 e. The van der Waals surface area contributed by atoms with Crippen LogP contribution < -0.4 is 5.73 Å². The third-order valence-corrected chi connectivity index (χ3v) is 6.45. The molecule has 8 heteroatoms. The molecule has 0 aromatic carbocycles. The second-order valence-electron chi connectivity index (χ2n) is 4.36. The van der Waals surface area contributed by atoms with Gasteiger partial charge in [-0.3, -0.25) is 4.90 Å². The predicted octanol–water partition coefficient (Wildman–Crippen LogP) is 0.321. The van der Waals surface area contributed by atoms with Gasteiger partial charge in [0.2, 0.25) is 0 Å². The van der Waals surface area contributed by atoms with E-state index in [0.29, 0.717) is 18.7 Å². The van der Waals surface area contributed by atoms with Crippen molar-refractivity contribution in [2.24, 2.45) is 10.9 Å². The summed E-state index contributed by atoms with van der Waals surface area (Å²) >= 11 is 1.66. The molecule has 0 aromatic heterocycles. The Morgan fingerprint density at radius 2 is 2.33 bits per heavy atom. The van der Waals surface area contributed by atoms with Gasteiger partial charge in [-0.2, -0.15) is 11.8 Å². The van der Waals surface area contributed by atoms with Gasteiger partial charge >= 0.3 is 0 Å². The van der Waals surface area contributed by atoms with Crippen molar-refractivity contribution >= 4 is 27.4 Å². The van der Waals surface area contributed by atoms with Gasteiger partial charge in [-0.1, -0.05) is 12.1 Å². The second-order valence-corrected chi connectivity index (χ2v) is 7.96. The first-order valence-corrected chi connectivity index (χ1v) is 8.80. The highest BCUT2D eigenvalue weighted by atomic mass is 32.2. The number of oxime groups is 1. The third-order valence-electron chi connectivity index (χ3n) is 3.14. The minimum Gasteiger partial charge on any atom is -0.409 e. The molecule has 0 saturated carbocycles. The van der Waals surface area contributed by atoms with Crippen molar-refractivity contribution in [3.8, 4) is 0 Å². The number of rotatable bonds is 5. The number of thioether (sulfide) groups is 1. The molecule has 1 fully saturated rings. The average molecular weight is 295 g/mol. The van der Waals surface area contributed by atoms with Crippen molar-refractivity contribution < 1.29 is 13.6 Å². The van der Waals surface area contributed by atoms with Gasteiger partial charge in [-0.05, 0) is 6.92 Å². The molecule has 6 nitrogen and oxygen atoms in total. The molecule has 1 rings (SSSR count). The molecule has 0 radical (unpaired) electrons. The summed E-state index contributed by atoms with van der Waals surface area (Å²) in [6, 6.07) is -0.0480. The molecule has 2 unspecified atom stereocenters. The monoisotopic (exact) mass is 295 g/mol. The molecule has 1 saturated heterocycles. The van der Waals surface area contributed by atoms with E-state index in [4.69, 9.17) is 10.9 Å². The van der Waals surface area contributed by atoms with Crippen molar-refractivity contribution in [1.29, 1.82) is 0 Å². The summed E-state index contributed by atoms with van der Waals surface area (Å²) in [5.41, 5.74) is 5.49. The summed E-state index contributed by atoms with van der Waals surface area (Å²) < 4.78 is 24.1. The fourth-order valence-corrected chi connectivity index (χ4v) is 5.19. The summed E-state index contributed by atoms with van der Waals surface area (Å²) in [5.74, 6) is 1.78. The van der Waals surface area contributed by atoms with Gasteiger partial charge < -0.3 is 10.9 Å². The first-order chi connectivity index (χ1) is 8.42. The van der Waals surface area contributed by atoms with Crippen molar-refractivity contribution in [2.45, 2.75) is 31.7 Å². The predicted molar refractivity (Wildman–Crippen MR) is 74.8 cm³/mol. The maximum Gasteiger partial charge on any atom is 0.166 e. The molecule has 0 bridgehead atoms. The molecule has 106 valence electrons. The first-order valence-electron chi connectivity index (χ1n) is 5.93. The topological polar surface area (TPSA) is 96.0 Å². The summed E-state index contributed by atoms with van der Waals surface area (Å²) in [7, 11) is -3.10. The Morgan fingerprint density at radius 3 is 2.89 bits per heavy atom. The lowest BCUT2D eigenvalue weighted by atomic mass is 10.2. The van der Waals surface area contributed by atoms with E-state index in [1.165, 1.54) is 0 Å². The molecule has 1 aliphatic heterocycles. The Morgan fingerprint density at radius 1 is 1.67 bits per heavy atom. The standard InChI is InChI=1S/C10H21N3O3S2/c1-3-18(15,16)10-7-17-5-4-13(10)8(2)6-9(11)12-14/h8,10,14H,3-7H2,1-2H3,(H2,11,12). The lowest BCUT2D eigenvalue weighted by Gasteiger charge is -2.38. The molecule has 2 atom stereocenters. The largest absolute Gasteiger partial charge is 0.409 e. The zero-order valence-electron chi connectivity index (χ0n) is 10.7. The van der Waals surface area contributed by atoms with E-state index in [9.17, 15) is 8.42 Å². The summed E-state index contributed by atoms with van der Waals surface area (Å²) in [4.78, 5) is 1.95. The maximum absolute atomic E-state index is 12.1. The van der Waals surface area contributed by atoms with Gasteiger partial charge in [-0.25, -0.2) is 8.42 Å². The molecule has 1 heterocycles.